The first-order valence-corrected chi connectivity index (χ1v) is 7.00. The maximum Gasteiger partial charge on any atom is 0.153 e. The topological polar surface area (TPSA) is 24.5 Å². The zero-order valence-corrected chi connectivity index (χ0v) is 12.3. The van der Waals surface area contributed by atoms with Gasteiger partial charge in [0.25, 0.3) is 0 Å². The van der Waals surface area contributed by atoms with Gasteiger partial charge in [0.15, 0.2) is 5.75 Å². The van der Waals surface area contributed by atoms with Crippen LogP contribution >= 0.6 is 11.6 Å². The van der Waals surface area contributed by atoms with Crippen molar-refractivity contribution >= 4 is 11.6 Å². The molecule has 0 fully saturated rings. The molecule has 0 amide bonds. The van der Waals surface area contributed by atoms with Crippen LogP contribution in [-0.2, 0) is 5.41 Å². The number of benzene rings is 2. The SMILES string of the molecule is [2H]C([2H])([2H])C([2H])([2H])NN1CC(C)(c2ccccc2)c2cc(Cl)ccc2O1. The van der Waals surface area contributed by atoms with E-state index in [9.17, 15) is 0 Å². The van der Waals surface area contributed by atoms with Crippen LogP contribution in [0, 0.1) is 0 Å². The summed E-state index contributed by atoms with van der Waals surface area (Å²) in [4.78, 5) is 5.71. The molecule has 0 radical (unpaired) electrons. The molecule has 3 rings (SSSR count). The number of nitrogens with zero attached hydrogens (tertiary/aromatic N) is 1. The van der Waals surface area contributed by atoms with E-state index in [0.29, 0.717) is 10.8 Å². The molecule has 1 unspecified atom stereocenters. The van der Waals surface area contributed by atoms with E-state index in [4.69, 9.17) is 23.3 Å². The van der Waals surface area contributed by atoms with Gasteiger partial charge in [0.2, 0.25) is 0 Å². The fourth-order valence-electron chi connectivity index (χ4n) is 2.71. The highest BCUT2D eigenvalue weighted by molar-refractivity contribution is 6.30. The van der Waals surface area contributed by atoms with Crippen molar-refractivity contribution in [3.05, 3.63) is 64.7 Å². The zero-order valence-electron chi connectivity index (χ0n) is 16.6. The predicted octanol–water partition coefficient (Wildman–Crippen LogP) is 3.78. The Morgan fingerprint density at radius 2 is 2.19 bits per heavy atom. The molecular formula is C17H19ClN2O. The summed E-state index contributed by atoms with van der Waals surface area (Å²) >= 11 is 6.17. The molecule has 0 saturated carbocycles. The normalized spacial score (nSPS) is 26.5. The van der Waals surface area contributed by atoms with Gasteiger partial charge in [-0.3, -0.25) is 0 Å². The van der Waals surface area contributed by atoms with Gasteiger partial charge < -0.3 is 4.84 Å². The second-order valence-electron chi connectivity index (χ2n) is 5.20. The molecule has 1 atom stereocenters. The fourth-order valence-corrected chi connectivity index (χ4v) is 2.89. The van der Waals surface area contributed by atoms with Crippen molar-refractivity contribution in [1.29, 1.82) is 0 Å². The minimum Gasteiger partial charge on any atom is -0.391 e. The molecule has 3 nitrogen and oxygen atoms in total. The summed E-state index contributed by atoms with van der Waals surface area (Å²) in [5, 5.41) is 1.71. The zero-order chi connectivity index (χ0) is 19.2. The van der Waals surface area contributed by atoms with Crippen LogP contribution in [0.25, 0.3) is 0 Å². The van der Waals surface area contributed by atoms with E-state index < -0.39 is 18.8 Å². The van der Waals surface area contributed by atoms with Crippen LogP contribution in [-0.4, -0.2) is 18.2 Å². The van der Waals surface area contributed by atoms with Gasteiger partial charge in [-0.25, -0.2) is 5.43 Å². The van der Waals surface area contributed by atoms with Crippen molar-refractivity contribution in [2.24, 2.45) is 0 Å². The van der Waals surface area contributed by atoms with E-state index in [1.54, 1.807) is 12.1 Å². The average molecular weight is 308 g/mol. The van der Waals surface area contributed by atoms with E-state index in [1.165, 1.54) is 0 Å². The molecule has 1 heterocycles. The Morgan fingerprint density at radius 1 is 1.38 bits per heavy atom. The summed E-state index contributed by atoms with van der Waals surface area (Å²) in [5.41, 5.74) is 3.61. The largest absolute Gasteiger partial charge is 0.391 e. The number of fused-ring (bicyclic) bond motifs is 1. The number of hydroxylamine groups is 1. The summed E-state index contributed by atoms with van der Waals surface area (Å²) in [5.74, 6) is 0.487. The smallest absolute Gasteiger partial charge is 0.153 e. The van der Waals surface area contributed by atoms with E-state index in [2.05, 4.69) is 5.43 Å². The van der Waals surface area contributed by atoms with E-state index >= 15 is 0 Å². The van der Waals surface area contributed by atoms with Gasteiger partial charge >= 0.3 is 0 Å². The van der Waals surface area contributed by atoms with Crippen LogP contribution in [0.2, 0.25) is 5.02 Å². The van der Waals surface area contributed by atoms with Crippen LogP contribution in [0.15, 0.2) is 48.5 Å². The van der Waals surface area contributed by atoms with E-state index in [0.717, 1.165) is 16.3 Å². The van der Waals surface area contributed by atoms with Gasteiger partial charge in [0.1, 0.15) is 0 Å². The highest BCUT2D eigenvalue weighted by Crippen LogP contribution is 2.42. The maximum atomic E-state index is 7.82. The van der Waals surface area contributed by atoms with Crippen molar-refractivity contribution in [2.75, 3.05) is 13.0 Å². The van der Waals surface area contributed by atoms with Gasteiger partial charge in [0, 0.05) is 29.4 Å². The second-order valence-corrected chi connectivity index (χ2v) is 5.64. The molecule has 1 N–H and O–H groups in total. The first kappa shape index (κ1) is 9.46. The Bertz CT molecular complexity index is 799. The van der Waals surface area contributed by atoms with Crippen LogP contribution in [0.4, 0.5) is 0 Å². The first-order valence-electron chi connectivity index (χ1n) is 9.12. The number of nitrogens with one attached hydrogen (secondary N) is 1. The molecule has 2 aromatic carbocycles. The molecule has 2 aromatic rings. The molecule has 0 aromatic heterocycles. The molecule has 0 spiro atoms. The average Bonchev–Trinajstić information content (AvgIpc) is 2.55. The minimum atomic E-state index is -2.85. The molecule has 1 aliphatic heterocycles. The quantitative estimate of drug-likeness (QED) is 0.934. The van der Waals surface area contributed by atoms with Gasteiger partial charge in [-0.1, -0.05) is 54.0 Å². The molecular weight excluding hydrogens is 284 g/mol. The van der Waals surface area contributed by atoms with Gasteiger partial charge in [-0.15, -0.1) is 0 Å². The van der Waals surface area contributed by atoms with Crippen LogP contribution in [0.5, 0.6) is 5.75 Å². The number of hydrazine groups is 1. The third-order valence-corrected chi connectivity index (χ3v) is 4.03. The highest BCUT2D eigenvalue weighted by atomic mass is 35.5. The maximum absolute atomic E-state index is 7.82. The molecule has 4 heteroatoms. The van der Waals surface area contributed by atoms with Crippen molar-refractivity contribution < 1.29 is 11.7 Å². The molecule has 0 bridgehead atoms. The number of rotatable bonds is 3. The number of halogens is 1. The third kappa shape index (κ3) is 2.64. The van der Waals surface area contributed by atoms with E-state index in [-0.39, 0.29) is 6.54 Å². The predicted molar refractivity (Wildman–Crippen MR) is 85.4 cm³/mol. The summed E-state index contributed by atoms with van der Waals surface area (Å²) in [6.45, 7) is -3.31. The van der Waals surface area contributed by atoms with Crippen molar-refractivity contribution in [3.63, 3.8) is 0 Å². The Morgan fingerprint density at radius 3 is 2.95 bits per heavy atom. The van der Waals surface area contributed by atoms with Gasteiger partial charge in [-0.05, 0) is 30.7 Å². The lowest BCUT2D eigenvalue weighted by Gasteiger charge is -2.41. The summed E-state index contributed by atoms with van der Waals surface area (Å²) in [7, 11) is 0. The second kappa shape index (κ2) is 5.68. The highest BCUT2D eigenvalue weighted by Gasteiger charge is 2.39. The van der Waals surface area contributed by atoms with Gasteiger partial charge in [-0.2, -0.15) is 0 Å². The molecule has 110 valence electrons. The van der Waals surface area contributed by atoms with Crippen molar-refractivity contribution in [1.82, 2.24) is 10.6 Å². The molecule has 21 heavy (non-hydrogen) atoms. The van der Waals surface area contributed by atoms with E-state index in [1.807, 2.05) is 43.3 Å². The first-order chi connectivity index (χ1) is 12.0. The fraction of sp³-hybridized carbons (Fsp3) is 0.294. The Hall–Kier alpha value is -1.55. The van der Waals surface area contributed by atoms with Crippen molar-refractivity contribution in [2.45, 2.75) is 19.2 Å². The third-order valence-electron chi connectivity index (χ3n) is 3.80. The van der Waals surface area contributed by atoms with Crippen molar-refractivity contribution in [3.8, 4) is 5.75 Å². The minimum absolute atomic E-state index is 0.194. The van der Waals surface area contributed by atoms with Crippen LogP contribution in [0.3, 0.4) is 0 Å². The lowest BCUT2D eigenvalue weighted by Crippen LogP contribution is -2.52. The van der Waals surface area contributed by atoms with Crippen LogP contribution in [0.1, 0.15) is 31.8 Å². The Labute approximate surface area is 137 Å². The van der Waals surface area contributed by atoms with Crippen LogP contribution < -0.4 is 10.3 Å². The van der Waals surface area contributed by atoms with Gasteiger partial charge in [0.05, 0.1) is 6.54 Å². The summed E-state index contributed by atoms with van der Waals surface area (Å²) in [6, 6.07) is 14.9. The molecule has 0 saturated heterocycles. The monoisotopic (exact) mass is 307 g/mol. The summed E-state index contributed by atoms with van der Waals surface area (Å²) < 4.78 is 37.8. The lowest BCUT2D eigenvalue weighted by atomic mass is 9.75. The summed E-state index contributed by atoms with van der Waals surface area (Å²) in [6.07, 6.45) is 0. The Kier molecular flexibility index (Phi) is 2.56. The number of hydrogen-bond donors (Lipinski definition) is 1. The standard InChI is InChI=1S/C17H19ClN2O/c1-3-19-20-12-17(2,13-7-5-4-6-8-13)15-11-14(18)9-10-16(15)21-20/h4-11,19H,3,12H2,1-2H3/i1D3,3D2. The lowest BCUT2D eigenvalue weighted by molar-refractivity contribution is -0.127. The molecule has 0 aliphatic carbocycles. The Balaban J connectivity index is 2.03. The number of hydrogen-bond acceptors (Lipinski definition) is 3. The molecule has 1 aliphatic rings.